The molecule has 0 aliphatic rings. The molecule has 76 valence electrons. The molecule has 0 spiro atoms. The summed E-state index contributed by atoms with van der Waals surface area (Å²) in [5, 5.41) is 11.0. The van der Waals surface area contributed by atoms with Crippen LogP contribution in [0.15, 0.2) is 35.2 Å². The predicted molar refractivity (Wildman–Crippen MR) is 62.9 cm³/mol. The van der Waals surface area contributed by atoms with Crippen LogP contribution in [0.4, 0.5) is 0 Å². The van der Waals surface area contributed by atoms with Crippen LogP contribution in [-0.2, 0) is 0 Å². The van der Waals surface area contributed by atoms with E-state index in [1.165, 1.54) is 0 Å². The van der Waals surface area contributed by atoms with Crippen molar-refractivity contribution in [1.82, 2.24) is 0 Å². The standard InChI is InChI=1S/C12H10O2S/c1-7-6-8-4-2-3-5-9(8)11(15)10(7)12(13)14/h2-6,15H,1H3,(H,13,14). The quantitative estimate of drug-likeness (QED) is 0.721. The number of fused-ring (bicyclic) bond motifs is 1. The molecule has 0 saturated heterocycles. The summed E-state index contributed by atoms with van der Waals surface area (Å²) in [6.45, 7) is 1.79. The third kappa shape index (κ3) is 1.59. The van der Waals surface area contributed by atoms with Crippen LogP contribution >= 0.6 is 12.6 Å². The number of carboxylic acids is 1. The second-order valence-electron chi connectivity index (χ2n) is 3.44. The minimum absolute atomic E-state index is 0.289. The van der Waals surface area contributed by atoms with E-state index in [-0.39, 0.29) is 5.56 Å². The molecule has 0 fully saturated rings. The Morgan fingerprint density at radius 2 is 2.00 bits per heavy atom. The maximum atomic E-state index is 11.0. The average Bonchev–Trinajstić information content (AvgIpc) is 2.17. The fraction of sp³-hybridized carbons (Fsp3) is 0.0833. The minimum Gasteiger partial charge on any atom is -0.478 e. The molecule has 15 heavy (non-hydrogen) atoms. The molecule has 2 rings (SSSR count). The molecule has 0 unspecified atom stereocenters. The number of carboxylic acid groups (broad SMARTS) is 1. The van der Waals surface area contributed by atoms with Crippen LogP contribution < -0.4 is 0 Å². The van der Waals surface area contributed by atoms with Gasteiger partial charge in [0.2, 0.25) is 0 Å². The summed E-state index contributed by atoms with van der Waals surface area (Å²) in [7, 11) is 0. The second kappa shape index (κ2) is 3.59. The van der Waals surface area contributed by atoms with E-state index in [0.29, 0.717) is 4.90 Å². The molecule has 0 saturated carbocycles. The number of hydrogen-bond donors (Lipinski definition) is 2. The van der Waals surface area contributed by atoms with E-state index in [4.69, 9.17) is 5.11 Å². The van der Waals surface area contributed by atoms with Crippen LogP contribution in [0, 0.1) is 6.92 Å². The molecule has 0 aliphatic carbocycles. The predicted octanol–water partition coefficient (Wildman–Crippen LogP) is 3.14. The van der Waals surface area contributed by atoms with Crippen molar-refractivity contribution >= 4 is 29.4 Å². The summed E-state index contributed by atoms with van der Waals surface area (Å²) in [6, 6.07) is 9.51. The first kappa shape index (κ1) is 10.1. The number of benzene rings is 2. The lowest BCUT2D eigenvalue weighted by Crippen LogP contribution is -2.01. The Morgan fingerprint density at radius 1 is 1.33 bits per heavy atom. The maximum absolute atomic E-state index is 11.0. The van der Waals surface area contributed by atoms with Crippen LogP contribution in [0.2, 0.25) is 0 Å². The minimum atomic E-state index is -0.928. The number of rotatable bonds is 1. The molecule has 0 amide bonds. The van der Waals surface area contributed by atoms with Crippen molar-refractivity contribution in [1.29, 1.82) is 0 Å². The SMILES string of the molecule is Cc1cc2ccccc2c(S)c1C(=O)O. The highest BCUT2D eigenvalue weighted by Crippen LogP contribution is 2.28. The van der Waals surface area contributed by atoms with Crippen molar-refractivity contribution in [3.8, 4) is 0 Å². The lowest BCUT2D eigenvalue weighted by Gasteiger charge is -2.08. The largest absolute Gasteiger partial charge is 0.478 e. The third-order valence-electron chi connectivity index (χ3n) is 2.43. The van der Waals surface area contributed by atoms with Crippen molar-refractivity contribution in [2.45, 2.75) is 11.8 Å². The monoisotopic (exact) mass is 218 g/mol. The van der Waals surface area contributed by atoms with Gasteiger partial charge in [0.15, 0.2) is 0 Å². The fourth-order valence-electron chi connectivity index (χ4n) is 1.74. The first-order valence-electron chi connectivity index (χ1n) is 4.56. The van der Waals surface area contributed by atoms with Gasteiger partial charge in [-0.25, -0.2) is 4.79 Å². The van der Waals surface area contributed by atoms with Crippen molar-refractivity contribution in [2.24, 2.45) is 0 Å². The van der Waals surface area contributed by atoms with Gasteiger partial charge in [0.1, 0.15) is 0 Å². The van der Waals surface area contributed by atoms with Gasteiger partial charge in [0.05, 0.1) is 5.56 Å². The summed E-state index contributed by atoms with van der Waals surface area (Å²) in [5.74, 6) is -0.928. The van der Waals surface area contributed by atoms with Crippen LogP contribution in [0.3, 0.4) is 0 Å². The number of hydrogen-bond acceptors (Lipinski definition) is 2. The lowest BCUT2D eigenvalue weighted by atomic mass is 10.0. The summed E-state index contributed by atoms with van der Waals surface area (Å²) in [4.78, 5) is 11.6. The first-order chi connectivity index (χ1) is 7.11. The van der Waals surface area contributed by atoms with Gasteiger partial charge in [-0.1, -0.05) is 30.3 Å². The van der Waals surface area contributed by atoms with Gasteiger partial charge in [-0.15, -0.1) is 12.6 Å². The molecule has 0 aliphatic heterocycles. The molecule has 2 aromatic carbocycles. The Labute approximate surface area is 93.0 Å². The Kier molecular flexibility index (Phi) is 2.40. The van der Waals surface area contributed by atoms with Crippen molar-refractivity contribution in [3.05, 3.63) is 41.5 Å². The van der Waals surface area contributed by atoms with Gasteiger partial charge in [-0.3, -0.25) is 0 Å². The number of aryl methyl sites for hydroxylation is 1. The fourth-order valence-corrected chi connectivity index (χ4v) is 2.21. The van der Waals surface area contributed by atoms with E-state index in [1.807, 2.05) is 30.3 Å². The second-order valence-corrected chi connectivity index (χ2v) is 3.89. The van der Waals surface area contributed by atoms with Gasteiger partial charge >= 0.3 is 5.97 Å². The van der Waals surface area contributed by atoms with Crippen LogP contribution in [0.25, 0.3) is 10.8 Å². The molecule has 0 atom stereocenters. The summed E-state index contributed by atoms with van der Waals surface area (Å²) >= 11 is 4.29. The molecule has 0 bridgehead atoms. The van der Waals surface area contributed by atoms with E-state index >= 15 is 0 Å². The highest BCUT2D eigenvalue weighted by Gasteiger charge is 2.13. The number of carbonyl (C=O) groups is 1. The molecular formula is C12H10O2S. The van der Waals surface area contributed by atoms with Gasteiger partial charge in [0.25, 0.3) is 0 Å². The van der Waals surface area contributed by atoms with Crippen LogP contribution in [0.1, 0.15) is 15.9 Å². The topological polar surface area (TPSA) is 37.3 Å². The molecule has 3 heteroatoms. The maximum Gasteiger partial charge on any atom is 0.337 e. The normalized spacial score (nSPS) is 10.5. The van der Waals surface area contributed by atoms with E-state index in [1.54, 1.807) is 6.92 Å². The zero-order chi connectivity index (χ0) is 11.0. The summed E-state index contributed by atoms with van der Waals surface area (Å²) < 4.78 is 0. The molecular weight excluding hydrogens is 208 g/mol. The summed E-state index contributed by atoms with van der Waals surface area (Å²) in [5.41, 5.74) is 1.03. The first-order valence-corrected chi connectivity index (χ1v) is 5.00. The van der Waals surface area contributed by atoms with Crippen molar-refractivity contribution in [3.63, 3.8) is 0 Å². The van der Waals surface area contributed by atoms with E-state index in [0.717, 1.165) is 16.3 Å². The highest BCUT2D eigenvalue weighted by atomic mass is 32.1. The Bertz CT molecular complexity index is 547. The average molecular weight is 218 g/mol. The molecule has 2 aromatic rings. The van der Waals surface area contributed by atoms with Crippen LogP contribution in [0.5, 0.6) is 0 Å². The Hall–Kier alpha value is -1.48. The third-order valence-corrected chi connectivity index (χ3v) is 2.90. The number of thiol groups is 1. The van der Waals surface area contributed by atoms with Crippen molar-refractivity contribution < 1.29 is 9.90 Å². The zero-order valence-electron chi connectivity index (χ0n) is 8.19. The van der Waals surface area contributed by atoms with Gasteiger partial charge < -0.3 is 5.11 Å². The van der Waals surface area contributed by atoms with E-state index in [9.17, 15) is 4.79 Å². The molecule has 1 N–H and O–H groups in total. The van der Waals surface area contributed by atoms with Crippen molar-refractivity contribution in [2.75, 3.05) is 0 Å². The lowest BCUT2D eigenvalue weighted by molar-refractivity contribution is 0.0692. The van der Waals surface area contributed by atoms with Gasteiger partial charge in [-0.2, -0.15) is 0 Å². The van der Waals surface area contributed by atoms with E-state index in [2.05, 4.69) is 12.6 Å². The summed E-state index contributed by atoms with van der Waals surface area (Å²) in [6.07, 6.45) is 0. The molecule has 0 heterocycles. The van der Waals surface area contributed by atoms with Gasteiger partial charge in [0, 0.05) is 4.90 Å². The number of aromatic carboxylic acids is 1. The highest BCUT2D eigenvalue weighted by molar-refractivity contribution is 7.80. The van der Waals surface area contributed by atoms with Crippen LogP contribution in [-0.4, -0.2) is 11.1 Å². The molecule has 0 radical (unpaired) electrons. The smallest absolute Gasteiger partial charge is 0.337 e. The van der Waals surface area contributed by atoms with Gasteiger partial charge in [-0.05, 0) is 23.3 Å². The zero-order valence-corrected chi connectivity index (χ0v) is 9.08. The Balaban J connectivity index is 2.90. The van der Waals surface area contributed by atoms with E-state index < -0.39 is 5.97 Å². The molecule has 2 nitrogen and oxygen atoms in total. The molecule has 0 aromatic heterocycles. The Morgan fingerprint density at radius 3 is 2.67 bits per heavy atom.